The van der Waals surface area contributed by atoms with Gasteiger partial charge in [-0.3, -0.25) is 14.9 Å². The predicted molar refractivity (Wildman–Crippen MR) is 94.1 cm³/mol. The molecular formula is C16H23N3O5S. The van der Waals surface area contributed by atoms with Crippen molar-refractivity contribution in [1.29, 1.82) is 0 Å². The van der Waals surface area contributed by atoms with Crippen LogP contribution in [0.2, 0.25) is 0 Å². The lowest BCUT2D eigenvalue weighted by Gasteiger charge is -2.35. The Morgan fingerprint density at radius 2 is 1.96 bits per heavy atom. The SMILES string of the molecule is Cc1ccc(C(C)NC(=O)C2(S(C)(=O)=O)CCNCC2)cc1[N+](=O)[O-]. The van der Waals surface area contributed by atoms with Gasteiger partial charge in [0.1, 0.15) is 0 Å². The predicted octanol–water partition coefficient (Wildman–Crippen LogP) is 1.25. The van der Waals surface area contributed by atoms with Gasteiger partial charge >= 0.3 is 0 Å². The highest BCUT2D eigenvalue weighted by Gasteiger charge is 2.48. The van der Waals surface area contributed by atoms with Crippen LogP contribution < -0.4 is 10.6 Å². The Morgan fingerprint density at radius 3 is 2.48 bits per heavy atom. The molecule has 0 spiro atoms. The molecule has 0 aromatic heterocycles. The van der Waals surface area contributed by atoms with Gasteiger partial charge in [0.2, 0.25) is 5.91 Å². The van der Waals surface area contributed by atoms with E-state index in [4.69, 9.17) is 0 Å². The minimum atomic E-state index is -3.60. The Bertz CT molecular complexity index is 785. The van der Waals surface area contributed by atoms with Gasteiger partial charge in [-0.25, -0.2) is 8.42 Å². The molecule has 2 rings (SSSR count). The molecule has 0 saturated carbocycles. The molecule has 0 radical (unpaired) electrons. The third-order valence-electron chi connectivity index (χ3n) is 4.81. The molecule has 1 aliphatic heterocycles. The molecular weight excluding hydrogens is 346 g/mol. The van der Waals surface area contributed by atoms with Crippen LogP contribution >= 0.6 is 0 Å². The quantitative estimate of drug-likeness (QED) is 0.595. The molecule has 1 aliphatic rings. The summed E-state index contributed by atoms with van der Waals surface area (Å²) in [5, 5.41) is 16.9. The molecule has 0 aliphatic carbocycles. The summed E-state index contributed by atoms with van der Waals surface area (Å²) < 4.78 is 23.1. The van der Waals surface area contributed by atoms with E-state index in [1.54, 1.807) is 26.0 Å². The Morgan fingerprint density at radius 1 is 1.36 bits per heavy atom. The molecule has 1 fully saturated rings. The molecule has 1 aromatic rings. The minimum absolute atomic E-state index is 0.0294. The van der Waals surface area contributed by atoms with Crippen molar-refractivity contribution < 1.29 is 18.1 Å². The van der Waals surface area contributed by atoms with Crippen molar-refractivity contribution in [1.82, 2.24) is 10.6 Å². The van der Waals surface area contributed by atoms with Gasteiger partial charge < -0.3 is 10.6 Å². The van der Waals surface area contributed by atoms with Gasteiger partial charge in [-0.2, -0.15) is 0 Å². The van der Waals surface area contributed by atoms with Crippen LogP contribution in [-0.4, -0.2) is 43.3 Å². The molecule has 1 amide bonds. The van der Waals surface area contributed by atoms with Gasteiger partial charge in [0.15, 0.2) is 14.6 Å². The topological polar surface area (TPSA) is 118 Å². The zero-order valence-electron chi connectivity index (χ0n) is 14.5. The Balaban J connectivity index is 2.27. The smallest absolute Gasteiger partial charge is 0.272 e. The van der Waals surface area contributed by atoms with Crippen LogP contribution in [0.4, 0.5) is 5.69 Å². The highest BCUT2D eigenvalue weighted by molar-refractivity contribution is 7.92. The second-order valence-electron chi connectivity index (χ2n) is 6.51. The summed E-state index contributed by atoms with van der Waals surface area (Å²) in [5.41, 5.74) is 1.06. The van der Waals surface area contributed by atoms with Crippen LogP contribution in [0, 0.1) is 17.0 Å². The monoisotopic (exact) mass is 369 g/mol. The van der Waals surface area contributed by atoms with Gasteiger partial charge in [0, 0.05) is 17.9 Å². The van der Waals surface area contributed by atoms with Gasteiger partial charge in [-0.15, -0.1) is 0 Å². The van der Waals surface area contributed by atoms with Crippen molar-refractivity contribution in [2.45, 2.75) is 37.5 Å². The summed E-state index contributed by atoms with van der Waals surface area (Å²) in [5.74, 6) is -0.549. The number of hydrogen-bond donors (Lipinski definition) is 2. The third kappa shape index (κ3) is 3.82. The van der Waals surface area contributed by atoms with Crippen LogP contribution in [0.15, 0.2) is 18.2 Å². The van der Waals surface area contributed by atoms with Crippen molar-refractivity contribution in [3.05, 3.63) is 39.4 Å². The van der Waals surface area contributed by atoms with Crippen LogP contribution in [0.1, 0.15) is 36.9 Å². The summed E-state index contributed by atoms with van der Waals surface area (Å²) >= 11 is 0. The highest BCUT2D eigenvalue weighted by Crippen LogP contribution is 2.30. The number of carbonyl (C=O) groups is 1. The molecule has 2 N–H and O–H groups in total. The van der Waals surface area contributed by atoms with Crippen LogP contribution in [0.5, 0.6) is 0 Å². The number of rotatable bonds is 5. The zero-order chi connectivity index (χ0) is 18.8. The molecule has 8 nitrogen and oxygen atoms in total. The standard InChI is InChI=1S/C16H23N3O5S/c1-11-4-5-13(10-14(11)19(21)22)12(2)18-15(20)16(25(3,23)24)6-8-17-9-7-16/h4-5,10,12,17H,6-9H2,1-3H3,(H,18,20). The van der Waals surface area contributed by atoms with Gasteiger partial charge in [0.25, 0.3) is 5.69 Å². The van der Waals surface area contributed by atoms with E-state index in [1.807, 2.05) is 0 Å². The summed E-state index contributed by atoms with van der Waals surface area (Å²) in [6, 6.07) is 4.19. The number of nitro groups is 1. The summed E-state index contributed by atoms with van der Waals surface area (Å²) in [7, 11) is -3.60. The molecule has 1 heterocycles. The molecule has 1 atom stereocenters. The fraction of sp³-hybridized carbons (Fsp3) is 0.562. The van der Waals surface area contributed by atoms with Gasteiger partial charge in [0.05, 0.1) is 11.0 Å². The van der Waals surface area contributed by atoms with E-state index in [0.29, 0.717) is 24.2 Å². The van der Waals surface area contributed by atoms with Crippen molar-refractivity contribution >= 4 is 21.4 Å². The van der Waals surface area contributed by atoms with E-state index in [-0.39, 0.29) is 18.5 Å². The summed E-state index contributed by atoms with van der Waals surface area (Å²) in [6.07, 6.45) is 1.50. The Hall–Kier alpha value is -2.00. The molecule has 138 valence electrons. The van der Waals surface area contributed by atoms with Crippen LogP contribution in [0.3, 0.4) is 0 Å². The first kappa shape index (κ1) is 19.3. The maximum absolute atomic E-state index is 12.8. The average molecular weight is 369 g/mol. The van der Waals surface area contributed by atoms with Crippen molar-refractivity contribution in [2.24, 2.45) is 0 Å². The van der Waals surface area contributed by atoms with E-state index in [1.165, 1.54) is 6.07 Å². The summed E-state index contributed by atoms with van der Waals surface area (Å²) in [6.45, 7) is 4.22. The lowest BCUT2D eigenvalue weighted by atomic mass is 9.95. The lowest BCUT2D eigenvalue weighted by Crippen LogP contribution is -2.57. The first-order valence-corrected chi connectivity index (χ1v) is 9.94. The van der Waals surface area contributed by atoms with Crippen molar-refractivity contribution in [3.63, 3.8) is 0 Å². The third-order valence-corrected chi connectivity index (χ3v) is 6.83. The zero-order valence-corrected chi connectivity index (χ0v) is 15.4. The number of carbonyl (C=O) groups excluding carboxylic acids is 1. The molecule has 1 aromatic carbocycles. The largest absolute Gasteiger partial charge is 0.348 e. The number of nitrogens with one attached hydrogen (secondary N) is 2. The fourth-order valence-electron chi connectivity index (χ4n) is 3.10. The molecule has 25 heavy (non-hydrogen) atoms. The van der Waals surface area contributed by atoms with E-state index in [9.17, 15) is 23.3 Å². The molecule has 1 unspecified atom stereocenters. The number of piperidine rings is 1. The molecule has 9 heteroatoms. The van der Waals surface area contributed by atoms with Crippen molar-refractivity contribution in [2.75, 3.05) is 19.3 Å². The number of hydrogen-bond acceptors (Lipinski definition) is 6. The number of amides is 1. The maximum Gasteiger partial charge on any atom is 0.272 e. The highest BCUT2D eigenvalue weighted by atomic mass is 32.2. The van der Waals surface area contributed by atoms with E-state index >= 15 is 0 Å². The lowest BCUT2D eigenvalue weighted by molar-refractivity contribution is -0.385. The Labute approximate surface area is 147 Å². The van der Waals surface area contributed by atoms with E-state index in [0.717, 1.165) is 6.26 Å². The maximum atomic E-state index is 12.8. The molecule has 0 bridgehead atoms. The first-order chi connectivity index (χ1) is 11.6. The first-order valence-electron chi connectivity index (χ1n) is 8.05. The number of nitrogens with zero attached hydrogens (tertiary/aromatic N) is 1. The molecule has 1 saturated heterocycles. The fourth-order valence-corrected chi connectivity index (χ4v) is 4.44. The van der Waals surface area contributed by atoms with E-state index < -0.39 is 31.5 Å². The number of aryl methyl sites for hydroxylation is 1. The van der Waals surface area contributed by atoms with Gasteiger partial charge in [-0.1, -0.05) is 12.1 Å². The van der Waals surface area contributed by atoms with Crippen LogP contribution in [0.25, 0.3) is 0 Å². The number of nitro benzene ring substituents is 1. The average Bonchev–Trinajstić information content (AvgIpc) is 2.54. The number of benzene rings is 1. The Kier molecular flexibility index (Phi) is 5.48. The second kappa shape index (κ2) is 7.09. The minimum Gasteiger partial charge on any atom is -0.348 e. The van der Waals surface area contributed by atoms with Gasteiger partial charge in [-0.05, 0) is 45.3 Å². The van der Waals surface area contributed by atoms with Crippen LogP contribution in [-0.2, 0) is 14.6 Å². The second-order valence-corrected chi connectivity index (χ2v) is 8.84. The number of sulfone groups is 1. The van der Waals surface area contributed by atoms with Crippen molar-refractivity contribution in [3.8, 4) is 0 Å². The normalized spacial score (nSPS) is 18.4. The summed E-state index contributed by atoms with van der Waals surface area (Å²) in [4.78, 5) is 23.4. The van der Waals surface area contributed by atoms with E-state index in [2.05, 4.69) is 10.6 Å².